The first-order valence-electron chi connectivity index (χ1n) is 5.98. The van der Waals surface area contributed by atoms with Crippen molar-refractivity contribution in [3.63, 3.8) is 0 Å². The number of carboxylic acid groups (broad SMARTS) is 1. The van der Waals surface area contributed by atoms with E-state index < -0.39 is 17.6 Å². The average molecular weight is 291 g/mol. The van der Waals surface area contributed by atoms with Crippen LogP contribution in [0.25, 0.3) is 6.08 Å². The molecule has 6 heteroatoms. The number of aromatic nitrogens is 1. The van der Waals surface area contributed by atoms with Crippen molar-refractivity contribution in [2.75, 3.05) is 0 Å². The van der Waals surface area contributed by atoms with Gasteiger partial charge in [-0.1, -0.05) is 0 Å². The van der Waals surface area contributed by atoms with Gasteiger partial charge >= 0.3 is 5.97 Å². The molecule has 2 aromatic rings. The van der Waals surface area contributed by atoms with Gasteiger partial charge in [0.25, 0.3) is 0 Å². The standard InChI is InChI=1S/C15H11F2NO3/c16-11-1-5-14(17)10(7-11)9-21-13-4-2-12(18-8-13)3-6-15(19)20/h1-8H,9H2,(H,19,20)/b6-3+. The topological polar surface area (TPSA) is 59.4 Å². The molecular weight excluding hydrogens is 280 g/mol. The lowest BCUT2D eigenvalue weighted by Gasteiger charge is -2.07. The van der Waals surface area contributed by atoms with E-state index in [-0.39, 0.29) is 12.2 Å². The maximum absolute atomic E-state index is 13.4. The summed E-state index contributed by atoms with van der Waals surface area (Å²) in [6.07, 6.45) is 3.67. The van der Waals surface area contributed by atoms with Gasteiger partial charge in [0.05, 0.1) is 11.9 Å². The van der Waals surface area contributed by atoms with Crippen molar-refractivity contribution in [1.82, 2.24) is 4.98 Å². The number of benzene rings is 1. The molecule has 0 aliphatic heterocycles. The Balaban J connectivity index is 2.00. The fourth-order valence-electron chi connectivity index (χ4n) is 1.55. The molecule has 1 aromatic heterocycles. The lowest BCUT2D eigenvalue weighted by atomic mass is 10.2. The molecule has 1 aromatic carbocycles. The van der Waals surface area contributed by atoms with Crippen LogP contribution in [-0.2, 0) is 11.4 Å². The summed E-state index contributed by atoms with van der Waals surface area (Å²) in [5.41, 5.74) is 0.548. The molecule has 1 N–H and O–H groups in total. The molecule has 1 heterocycles. The predicted molar refractivity (Wildman–Crippen MR) is 71.6 cm³/mol. The van der Waals surface area contributed by atoms with Gasteiger partial charge in [0.1, 0.15) is 24.0 Å². The summed E-state index contributed by atoms with van der Waals surface area (Å²) < 4.78 is 31.7. The van der Waals surface area contributed by atoms with E-state index in [1.807, 2.05) is 0 Å². The first-order chi connectivity index (χ1) is 10.0. The number of carboxylic acids is 1. The molecule has 0 bridgehead atoms. The first-order valence-corrected chi connectivity index (χ1v) is 5.98. The van der Waals surface area contributed by atoms with Crippen LogP contribution in [0.4, 0.5) is 8.78 Å². The number of carbonyl (C=O) groups is 1. The molecule has 21 heavy (non-hydrogen) atoms. The molecule has 0 spiro atoms. The number of hydrogen-bond acceptors (Lipinski definition) is 3. The highest BCUT2D eigenvalue weighted by Crippen LogP contribution is 2.15. The number of aliphatic carboxylic acids is 1. The largest absolute Gasteiger partial charge is 0.487 e. The van der Waals surface area contributed by atoms with Gasteiger partial charge in [0, 0.05) is 11.6 Å². The summed E-state index contributed by atoms with van der Waals surface area (Å²) in [6, 6.07) is 6.24. The van der Waals surface area contributed by atoms with E-state index in [2.05, 4.69) is 4.98 Å². The highest BCUT2D eigenvalue weighted by Gasteiger charge is 2.05. The Morgan fingerprint density at radius 3 is 2.76 bits per heavy atom. The number of pyridine rings is 1. The van der Waals surface area contributed by atoms with E-state index >= 15 is 0 Å². The molecular formula is C15H11F2NO3. The van der Waals surface area contributed by atoms with Gasteiger partial charge in [-0.25, -0.2) is 13.6 Å². The Labute approximate surface area is 119 Å². The fraction of sp³-hybridized carbons (Fsp3) is 0.0667. The number of hydrogen-bond donors (Lipinski definition) is 1. The van der Waals surface area contributed by atoms with E-state index in [0.717, 1.165) is 24.3 Å². The van der Waals surface area contributed by atoms with Gasteiger partial charge in [-0.2, -0.15) is 0 Å². The van der Waals surface area contributed by atoms with Gasteiger partial charge in [0.15, 0.2) is 0 Å². The van der Waals surface area contributed by atoms with Crippen LogP contribution < -0.4 is 4.74 Å². The molecule has 108 valence electrons. The molecule has 0 fully saturated rings. The normalized spacial score (nSPS) is 10.8. The van der Waals surface area contributed by atoms with Crippen LogP contribution in [0.1, 0.15) is 11.3 Å². The number of halogens is 2. The summed E-state index contributed by atoms with van der Waals surface area (Å²) >= 11 is 0. The highest BCUT2D eigenvalue weighted by molar-refractivity contribution is 5.84. The van der Waals surface area contributed by atoms with Crippen LogP contribution in [0.3, 0.4) is 0 Å². The minimum atomic E-state index is -1.07. The van der Waals surface area contributed by atoms with Crippen LogP contribution in [0.2, 0.25) is 0 Å². The molecule has 0 unspecified atom stereocenters. The van der Waals surface area contributed by atoms with Crippen molar-refractivity contribution in [2.45, 2.75) is 6.61 Å². The lowest BCUT2D eigenvalue weighted by molar-refractivity contribution is -0.131. The van der Waals surface area contributed by atoms with Crippen molar-refractivity contribution >= 4 is 12.0 Å². The molecule has 0 aliphatic rings. The van der Waals surface area contributed by atoms with Crippen molar-refractivity contribution in [1.29, 1.82) is 0 Å². The Morgan fingerprint density at radius 1 is 1.29 bits per heavy atom. The number of rotatable bonds is 5. The van der Waals surface area contributed by atoms with Gasteiger partial charge in [-0.3, -0.25) is 4.98 Å². The zero-order valence-corrected chi connectivity index (χ0v) is 10.8. The second kappa shape index (κ2) is 6.60. The zero-order valence-electron chi connectivity index (χ0n) is 10.8. The van der Waals surface area contributed by atoms with Crippen LogP contribution in [0, 0.1) is 11.6 Å². The lowest BCUT2D eigenvalue weighted by Crippen LogP contribution is -1.99. The molecule has 0 radical (unpaired) electrons. The molecule has 0 saturated heterocycles. The monoisotopic (exact) mass is 291 g/mol. The Morgan fingerprint density at radius 2 is 2.10 bits per heavy atom. The Hall–Kier alpha value is -2.76. The van der Waals surface area contributed by atoms with Gasteiger partial charge < -0.3 is 9.84 Å². The SMILES string of the molecule is O=C(O)/C=C/c1ccc(OCc2cc(F)ccc2F)cn1. The van der Waals surface area contributed by atoms with Crippen LogP contribution in [0.5, 0.6) is 5.75 Å². The van der Waals surface area contributed by atoms with Crippen molar-refractivity contribution in [3.8, 4) is 5.75 Å². The summed E-state index contributed by atoms with van der Waals surface area (Å²) in [6.45, 7) is -0.129. The van der Waals surface area contributed by atoms with Crippen molar-refractivity contribution < 1.29 is 23.4 Å². The molecule has 0 saturated carbocycles. The van der Waals surface area contributed by atoms with Gasteiger partial charge in [-0.05, 0) is 36.4 Å². The quantitative estimate of drug-likeness (QED) is 0.860. The third kappa shape index (κ3) is 4.38. The van der Waals surface area contributed by atoms with Crippen LogP contribution in [-0.4, -0.2) is 16.1 Å². The fourth-order valence-corrected chi connectivity index (χ4v) is 1.55. The first kappa shape index (κ1) is 14.6. The van der Waals surface area contributed by atoms with E-state index in [4.69, 9.17) is 9.84 Å². The van der Waals surface area contributed by atoms with E-state index in [1.165, 1.54) is 12.3 Å². The Kier molecular flexibility index (Phi) is 4.61. The van der Waals surface area contributed by atoms with Crippen LogP contribution in [0.15, 0.2) is 42.6 Å². The molecule has 0 aliphatic carbocycles. The molecule has 0 atom stereocenters. The average Bonchev–Trinajstić information content (AvgIpc) is 2.47. The number of nitrogens with zero attached hydrogens (tertiary/aromatic N) is 1. The molecule has 4 nitrogen and oxygen atoms in total. The van der Waals surface area contributed by atoms with Crippen LogP contribution >= 0.6 is 0 Å². The Bertz CT molecular complexity index is 669. The third-order valence-electron chi connectivity index (χ3n) is 2.56. The van der Waals surface area contributed by atoms with E-state index in [1.54, 1.807) is 12.1 Å². The second-order valence-electron chi connectivity index (χ2n) is 4.11. The molecule has 2 rings (SSSR count). The van der Waals surface area contributed by atoms with Crippen molar-refractivity contribution in [3.05, 3.63) is 65.5 Å². The maximum Gasteiger partial charge on any atom is 0.328 e. The number of ether oxygens (including phenoxy) is 1. The molecule has 0 amide bonds. The summed E-state index contributed by atoms with van der Waals surface area (Å²) in [5, 5.41) is 8.48. The summed E-state index contributed by atoms with van der Waals surface area (Å²) in [7, 11) is 0. The third-order valence-corrected chi connectivity index (χ3v) is 2.56. The second-order valence-corrected chi connectivity index (χ2v) is 4.11. The highest BCUT2D eigenvalue weighted by atomic mass is 19.1. The summed E-state index contributed by atoms with van der Waals surface area (Å²) in [4.78, 5) is 14.3. The minimum Gasteiger partial charge on any atom is -0.487 e. The zero-order chi connectivity index (χ0) is 15.2. The maximum atomic E-state index is 13.4. The van der Waals surface area contributed by atoms with E-state index in [0.29, 0.717) is 11.4 Å². The predicted octanol–water partition coefficient (Wildman–Crippen LogP) is 3.04. The summed E-state index contributed by atoms with van der Waals surface area (Å²) in [5.74, 6) is -1.79. The van der Waals surface area contributed by atoms with Gasteiger partial charge in [-0.15, -0.1) is 0 Å². The minimum absolute atomic E-state index is 0.102. The van der Waals surface area contributed by atoms with E-state index in [9.17, 15) is 13.6 Å². The smallest absolute Gasteiger partial charge is 0.328 e. The van der Waals surface area contributed by atoms with Crippen molar-refractivity contribution in [2.24, 2.45) is 0 Å². The van der Waals surface area contributed by atoms with Gasteiger partial charge in [0.2, 0.25) is 0 Å².